The summed E-state index contributed by atoms with van der Waals surface area (Å²) in [5, 5.41) is 6.86. The van der Waals surface area contributed by atoms with Crippen LogP contribution >= 0.6 is 12.4 Å². The van der Waals surface area contributed by atoms with Gasteiger partial charge in [0.25, 0.3) is 0 Å². The van der Waals surface area contributed by atoms with Gasteiger partial charge >= 0.3 is 0 Å². The largest absolute Gasteiger partial charge is 0.368 e. The molecule has 7 N–H and O–H groups in total. The second-order valence-electron chi connectivity index (χ2n) is 3.13. The van der Waals surface area contributed by atoms with Crippen LogP contribution < -0.4 is 22.3 Å². The van der Waals surface area contributed by atoms with Gasteiger partial charge < -0.3 is 11.5 Å². The number of nitrogens with one attached hydrogen (secondary N) is 3. The molecular weight excluding hydrogens is 204 g/mol. The number of guanidine groups is 2. The van der Waals surface area contributed by atoms with Crippen molar-refractivity contribution in [2.45, 2.75) is 31.7 Å². The zero-order chi connectivity index (χ0) is 9.68. The summed E-state index contributed by atoms with van der Waals surface area (Å²) in [4.78, 5) is 3.52. The van der Waals surface area contributed by atoms with Gasteiger partial charge in [-0.3, -0.25) is 10.8 Å². The monoisotopic (exact) mass is 220 g/mol. The van der Waals surface area contributed by atoms with Gasteiger partial charge in [0.2, 0.25) is 11.9 Å². The zero-order valence-electron chi connectivity index (χ0n) is 7.92. The van der Waals surface area contributed by atoms with Crippen molar-refractivity contribution in [3.63, 3.8) is 0 Å². The van der Waals surface area contributed by atoms with Crippen LogP contribution in [0.5, 0.6) is 0 Å². The lowest BCUT2D eigenvalue weighted by Gasteiger charge is -2.12. The molecular formula is C7H17ClN6. The van der Waals surface area contributed by atoms with Crippen LogP contribution in [0.4, 0.5) is 0 Å². The van der Waals surface area contributed by atoms with Crippen molar-refractivity contribution in [2.24, 2.45) is 16.5 Å². The lowest BCUT2D eigenvalue weighted by molar-refractivity contribution is 0.498. The zero-order valence-corrected chi connectivity index (χ0v) is 8.73. The van der Waals surface area contributed by atoms with Gasteiger partial charge in [0.05, 0.1) is 0 Å². The third-order valence-corrected chi connectivity index (χ3v) is 2.00. The van der Waals surface area contributed by atoms with E-state index >= 15 is 0 Å². The van der Waals surface area contributed by atoms with E-state index in [4.69, 9.17) is 16.9 Å². The van der Waals surface area contributed by atoms with Crippen LogP contribution in [0.15, 0.2) is 4.99 Å². The summed E-state index contributed by atoms with van der Waals surface area (Å²) in [7, 11) is 0. The van der Waals surface area contributed by atoms with E-state index in [2.05, 4.69) is 15.8 Å². The molecule has 0 heterocycles. The van der Waals surface area contributed by atoms with Crippen LogP contribution in [-0.2, 0) is 0 Å². The minimum atomic E-state index is -0.293. The van der Waals surface area contributed by atoms with Crippen molar-refractivity contribution in [1.82, 2.24) is 10.9 Å². The summed E-state index contributed by atoms with van der Waals surface area (Å²) in [6, 6.07) is 0.459. The summed E-state index contributed by atoms with van der Waals surface area (Å²) in [5.41, 5.74) is 16.2. The van der Waals surface area contributed by atoms with Crippen LogP contribution in [-0.4, -0.2) is 18.0 Å². The third kappa shape index (κ3) is 4.88. The van der Waals surface area contributed by atoms with Gasteiger partial charge in [-0.25, -0.2) is 5.43 Å². The number of halogens is 1. The van der Waals surface area contributed by atoms with Crippen LogP contribution in [0.25, 0.3) is 0 Å². The predicted octanol–water partition coefficient (Wildman–Crippen LogP) is -0.347. The average Bonchev–Trinajstić information content (AvgIpc) is 2.51. The van der Waals surface area contributed by atoms with E-state index in [9.17, 15) is 0 Å². The van der Waals surface area contributed by atoms with Gasteiger partial charge in [-0.2, -0.15) is 4.99 Å². The lowest BCUT2D eigenvalue weighted by Crippen LogP contribution is -2.47. The maximum atomic E-state index is 6.86. The summed E-state index contributed by atoms with van der Waals surface area (Å²) < 4.78 is 0. The summed E-state index contributed by atoms with van der Waals surface area (Å²) >= 11 is 0. The van der Waals surface area contributed by atoms with Crippen molar-refractivity contribution in [1.29, 1.82) is 5.41 Å². The SMILES string of the molecule is Cl.N=C(N)/N=C(\N)NNC1CCCC1. The minimum Gasteiger partial charge on any atom is -0.368 e. The van der Waals surface area contributed by atoms with E-state index in [-0.39, 0.29) is 24.3 Å². The maximum Gasteiger partial charge on any atom is 0.215 e. The predicted molar refractivity (Wildman–Crippen MR) is 59.3 cm³/mol. The molecule has 0 unspecified atom stereocenters. The molecule has 82 valence electrons. The molecule has 0 aromatic carbocycles. The van der Waals surface area contributed by atoms with Gasteiger partial charge in [-0.1, -0.05) is 12.8 Å². The Morgan fingerprint density at radius 3 is 2.36 bits per heavy atom. The number of nitrogens with two attached hydrogens (primary N) is 2. The molecule has 7 heteroatoms. The number of rotatable bonds is 2. The van der Waals surface area contributed by atoms with Crippen LogP contribution in [0.3, 0.4) is 0 Å². The van der Waals surface area contributed by atoms with Gasteiger partial charge in [0.15, 0.2) is 0 Å². The van der Waals surface area contributed by atoms with E-state index in [1.165, 1.54) is 12.8 Å². The van der Waals surface area contributed by atoms with E-state index < -0.39 is 0 Å². The highest BCUT2D eigenvalue weighted by Crippen LogP contribution is 2.16. The molecule has 1 aliphatic carbocycles. The fourth-order valence-corrected chi connectivity index (χ4v) is 1.40. The van der Waals surface area contributed by atoms with Crippen LogP contribution in [0.1, 0.15) is 25.7 Å². The van der Waals surface area contributed by atoms with E-state index in [1.54, 1.807) is 0 Å². The third-order valence-electron chi connectivity index (χ3n) is 2.00. The first kappa shape index (κ1) is 13.0. The fourth-order valence-electron chi connectivity index (χ4n) is 1.40. The first-order valence-electron chi connectivity index (χ1n) is 4.38. The summed E-state index contributed by atoms with van der Waals surface area (Å²) in [6.45, 7) is 0. The molecule has 0 amide bonds. The van der Waals surface area contributed by atoms with Crippen LogP contribution in [0, 0.1) is 5.41 Å². The number of aliphatic imine (C=N–C) groups is 1. The van der Waals surface area contributed by atoms with Crippen molar-refractivity contribution < 1.29 is 0 Å². The second-order valence-corrected chi connectivity index (χ2v) is 3.13. The van der Waals surface area contributed by atoms with Crippen molar-refractivity contribution in [3.8, 4) is 0 Å². The summed E-state index contributed by atoms with van der Waals surface area (Å²) in [6.07, 6.45) is 4.81. The Bertz CT molecular complexity index is 210. The van der Waals surface area contributed by atoms with E-state index in [1.807, 2.05) is 0 Å². The Balaban J connectivity index is 0.00000169. The lowest BCUT2D eigenvalue weighted by atomic mass is 10.3. The first-order chi connectivity index (χ1) is 6.18. The van der Waals surface area contributed by atoms with E-state index in [0.29, 0.717) is 6.04 Å². The Hall–Kier alpha value is -1.01. The highest BCUT2D eigenvalue weighted by Gasteiger charge is 2.13. The Morgan fingerprint density at radius 1 is 1.29 bits per heavy atom. The molecule has 14 heavy (non-hydrogen) atoms. The first-order valence-corrected chi connectivity index (χ1v) is 4.38. The molecule has 0 aliphatic heterocycles. The van der Waals surface area contributed by atoms with Gasteiger partial charge in [-0.05, 0) is 12.8 Å². The van der Waals surface area contributed by atoms with Crippen molar-refractivity contribution >= 4 is 24.3 Å². The molecule has 0 aromatic rings. The van der Waals surface area contributed by atoms with Gasteiger partial charge in [0.1, 0.15) is 0 Å². The fraction of sp³-hybridized carbons (Fsp3) is 0.714. The van der Waals surface area contributed by atoms with Gasteiger partial charge in [0, 0.05) is 6.04 Å². The Labute approximate surface area is 89.4 Å². The Morgan fingerprint density at radius 2 is 1.86 bits per heavy atom. The number of hydrogen-bond acceptors (Lipinski definition) is 2. The standard InChI is InChI=1S/C7H16N6.ClH/c8-6(9)11-7(10)13-12-5-3-1-2-4-5;/h5,12H,1-4H2,(H6,8,9,10,11,13);1H. The topological polar surface area (TPSA) is 112 Å². The molecule has 0 atom stereocenters. The average molecular weight is 221 g/mol. The highest BCUT2D eigenvalue weighted by molar-refractivity contribution is 5.91. The molecule has 1 rings (SSSR count). The van der Waals surface area contributed by atoms with Crippen molar-refractivity contribution in [2.75, 3.05) is 0 Å². The molecule has 1 saturated carbocycles. The molecule has 0 spiro atoms. The normalized spacial score (nSPS) is 17.6. The second kappa shape index (κ2) is 6.44. The molecule has 0 radical (unpaired) electrons. The summed E-state index contributed by atoms with van der Waals surface area (Å²) in [5.74, 6) is -0.155. The maximum absolute atomic E-state index is 6.86. The number of hydrogen-bond donors (Lipinski definition) is 5. The van der Waals surface area contributed by atoms with Crippen LogP contribution in [0.2, 0.25) is 0 Å². The molecule has 1 aliphatic rings. The number of hydrazine groups is 1. The number of nitrogens with zero attached hydrogens (tertiary/aromatic N) is 1. The molecule has 6 nitrogen and oxygen atoms in total. The molecule has 0 aromatic heterocycles. The molecule has 0 saturated heterocycles. The minimum absolute atomic E-state index is 0. The molecule has 1 fully saturated rings. The smallest absolute Gasteiger partial charge is 0.215 e. The molecule has 0 bridgehead atoms. The highest BCUT2D eigenvalue weighted by atomic mass is 35.5. The van der Waals surface area contributed by atoms with E-state index in [0.717, 1.165) is 12.8 Å². The van der Waals surface area contributed by atoms with Crippen molar-refractivity contribution in [3.05, 3.63) is 0 Å². The quantitative estimate of drug-likeness (QED) is 0.249. The van der Waals surface area contributed by atoms with Gasteiger partial charge in [-0.15, -0.1) is 12.4 Å². The Kier molecular flexibility index (Phi) is 5.98.